The van der Waals surface area contributed by atoms with E-state index in [9.17, 15) is 18.0 Å². The van der Waals surface area contributed by atoms with E-state index in [4.69, 9.17) is 17.3 Å². The summed E-state index contributed by atoms with van der Waals surface area (Å²) < 4.78 is 30.1. The summed E-state index contributed by atoms with van der Waals surface area (Å²) in [6.07, 6.45) is 1.08. The number of benzene rings is 3. The molecule has 1 aliphatic heterocycles. The predicted molar refractivity (Wildman–Crippen MR) is 145 cm³/mol. The van der Waals surface area contributed by atoms with Crippen molar-refractivity contribution in [3.8, 4) is 0 Å². The average molecular weight is 541 g/mol. The molecule has 1 atom stereocenters. The van der Waals surface area contributed by atoms with E-state index in [1.54, 1.807) is 37.3 Å². The second-order valence-electron chi connectivity index (χ2n) is 9.06. The van der Waals surface area contributed by atoms with Crippen molar-refractivity contribution < 1.29 is 18.0 Å². The topological polar surface area (TPSA) is 122 Å². The van der Waals surface area contributed by atoms with Gasteiger partial charge in [0, 0.05) is 41.3 Å². The zero-order valence-corrected chi connectivity index (χ0v) is 21.9. The Balaban J connectivity index is 1.66. The summed E-state index contributed by atoms with van der Waals surface area (Å²) in [6.45, 7) is 2.74. The lowest BCUT2D eigenvalue weighted by molar-refractivity contribution is -0.122. The second kappa shape index (κ2) is 11.3. The molecule has 2 amide bonds. The SMILES string of the molecule is CC(NS(=O)(=O)c1cc(NC(=O)c2cccc(Cl)c2)ccc1N1CCC(C(N)=O)CC1)c1ccccc1. The normalized spacial score (nSPS) is 15.2. The quantitative estimate of drug-likeness (QED) is 0.392. The number of piperidine rings is 1. The molecule has 0 saturated carbocycles. The zero-order chi connectivity index (χ0) is 26.6. The molecule has 0 aliphatic carbocycles. The first-order valence-electron chi connectivity index (χ1n) is 12.0. The summed E-state index contributed by atoms with van der Waals surface area (Å²) in [7, 11) is -4.00. The number of carbonyl (C=O) groups excluding carboxylic acids is 2. The molecule has 1 saturated heterocycles. The lowest BCUT2D eigenvalue weighted by Gasteiger charge is -2.33. The van der Waals surface area contributed by atoms with Crippen molar-refractivity contribution in [3.05, 3.63) is 88.9 Å². The number of nitrogens with zero attached hydrogens (tertiary/aromatic N) is 1. The third-order valence-corrected chi connectivity index (χ3v) is 8.27. The van der Waals surface area contributed by atoms with Crippen molar-refractivity contribution in [1.29, 1.82) is 0 Å². The molecular formula is C27H29ClN4O4S. The van der Waals surface area contributed by atoms with E-state index < -0.39 is 22.0 Å². The van der Waals surface area contributed by atoms with Crippen LogP contribution in [0.2, 0.25) is 5.02 Å². The molecule has 3 aromatic carbocycles. The Morgan fingerprint density at radius 1 is 1.00 bits per heavy atom. The van der Waals surface area contributed by atoms with Gasteiger partial charge in [0.25, 0.3) is 5.91 Å². The number of nitrogens with two attached hydrogens (primary N) is 1. The lowest BCUT2D eigenvalue weighted by Crippen LogP contribution is -2.39. The van der Waals surface area contributed by atoms with E-state index >= 15 is 0 Å². The summed E-state index contributed by atoms with van der Waals surface area (Å²) in [4.78, 5) is 26.4. The fourth-order valence-corrected chi connectivity index (χ4v) is 6.09. The Morgan fingerprint density at radius 3 is 2.35 bits per heavy atom. The highest BCUT2D eigenvalue weighted by molar-refractivity contribution is 7.89. The first-order chi connectivity index (χ1) is 17.6. The van der Waals surface area contributed by atoms with Gasteiger partial charge in [0.1, 0.15) is 4.90 Å². The van der Waals surface area contributed by atoms with Gasteiger partial charge in [-0.2, -0.15) is 0 Å². The van der Waals surface area contributed by atoms with Gasteiger partial charge in [0.2, 0.25) is 15.9 Å². The Bertz CT molecular complexity index is 1390. The van der Waals surface area contributed by atoms with Gasteiger partial charge in [-0.15, -0.1) is 0 Å². The van der Waals surface area contributed by atoms with Crippen molar-refractivity contribution in [2.45, 2.75) is 30.7 Å². The number of nitrogens with one attached hydrogen (secondary N) is 2. The minimum absolute atomic E-state index is 0.0386. The van der Waals surface area contributed by atoms with E-state index in [0.717, 1.165) is 5.56 Å². The van der Waals surface area contributed by atoms with Crippen LogP contribution in [0.25, 0.3) is 0 Å². The Labute approximate surface area is 221 Å². The summed E-state index contributed by atoms with van der Waals surface area (Å²) in [5.41, 5.74) is 7.47. The number of rotatable bonds is 8. The smallest absolute Gasteiger partial charge is 0.255 e. The molecule has 1 unspecified atom stereocenters. The highest BCUT2D eigenvalue weighted by Crippen LogP contribution is 2.33. The summed E-state index contributed by atoms with van der Waals surface area (Å²) in [5, 5.41) is 3.19. The van der Waals surface area contributed by atoms with E-state index in [2.05, 4.69) is 10.0 Å². The van der Waals surface area contributed by atoms with Gasteiger partial charge in [-0.25, -0.2) is 13.1 Å². The number of sulfonamides is 1. The van der Waals surface area contributed by atoms with Gasteiger partial charge in [0.05, 0.1) is 5.69 Å². The minimum atomic E-state index is -4.00. The van der Waals surface area contributed by atoms with Crippen LogP contribution < -0.4 is 20.7 Å². The molecule has 194 valence electrons. The van der Waals surface area contributed by atoms with Crippen LogP contribution in [0.1, 0.15) is 41.7 Å². The molecule has 0 aromatic heterocycles. The number of amides is 2. The van der Waals surface area contributed by atoms with Crippen LogP contribution in [-0.4, -0.2) is 33.3 Å². The summed E-state index contributed by atoms with van der Waals surface area (Å²) in [5.74, 6) is -0.986. The van der Waals surface area contributed by atoms with Gasteiger partial charge in [-0.05, 0) is 61.7 Å². The molecule has 37 heavy (non-hydrogen) atoms. The van der Waals surface area contributed by atoms with E-state index in [1.807, 2.05) is 35.2 Å². The van der Waals surface area contributed by atoms with Gasteiger partial charge in [-0.1, -0.05) is 48.0 Å². The van der Waals surface area contributed by atoms with Gasteiger partial charge in [0.15, 0.2) is 0 Å². The molecule has 1 heterocycles. The zero-order valence-electron chi connectivity index (χ0n) is 20.4. The van der Waals surface area contributed by atoms with Crippen LogP contribution in [-0.2, 0) is 14.8 Å². The maximum absolute atomic E-state index is 13.7. The summed E-state index contributed by atoms with van der Waals surface area (Å²) >= 11 is 6.01. The molecule has 8 nitrogen and oxygen atoms in total. The highest BCUT2D eigenvalue weighted by atomic mass is 35.5. The van der Waals surface area contributed by atoms with E-state index in [-0.39, 0.29) is 16.7 Å². The number of hydrogen-bond acceptors (Lipinski definition) is 5. The summed E-state index contributed by atoms with van der Waals surface area (Å²) in [6, 6.07) is 20.1. The largest absolute Gasteiger partial charge is 0.370 e. The number of halogens is 1. The first kappa shape index (κ1) is 26.7. The number of primary amides is 1. The number of anilines is 2. The van der Waals surface area contributed by atoms with Crippen LogP contribution >= 0.6 is 11.6 Å². The number of carbonyl (C=O) groups is 2. The van der Waals surface area contributed by atoms with Gasteiger partial charge < -0.3 is 16.0 Å². The predicted octanol–water partition coefficient (Wildman–Crippen LogP) is 4.33. The fourth-order valence-electron chi connectivity index (χ4n) is 4.41. The van der Waals surface area contributed by atoms with Crippen LogP contribution in [0.15, 0.2) is 77.7 Å². The number of hydrogen-bond donors (Lipinski definition) is 3. The van der Waals surface area contributed by atoms with Crippen LogP contribution in [0.3, 0.4) is 0 Å². The molecule has 1 aliphatic rings. The van der Waals surface area contributed by atoms with Gasteiger partial charge in [-0.3, -0.25) is 9.59 Å². The molecule has 0 bridgehead atoms. The Morgan fingerprint density at radius 2 is 1.70 bits per heavy atom. The van der Waals surface area contributed by atoms with Crippen LogP contribution in [0, 0.1) is 5.92 Å². The molecule has 0 radical (unpaired) electrons. The third-order valence-electron chi connectivity index (χ3n) is 6.46. The second-order valence-corrected chi connectivity index (χ2v) is 11.2. The molecule has 3 aromatic rings. The highest BCUT2D eigenvalue weighted by Gasteiger charge is 2.29. The van der Waals surface area contributed by atoms with E-state index in [1.165, 1.54) is 12.1 Å². The monoisotopic (exact) mass is 540 g/mol. The van der Waals surface area contributed by atoms with Crippen molar-refractivity contribution in [2.24, 2.45) is 11.7 Å². The Hall–Kier alpha value is -3.40. The molecular weight excluding hydrogens is 512 g/mol. The first-order valence-corrected chi connectivity index (χ1v) is 13.8. The van der Waals surface area contributed by atoms with Crippen LogP contribution in [0.5, 0.6) is 0 Å². The molecule has 4 rings (SSSR count). The lowest BCUT2D eigenvalue weighted by atomic mass is 9.96. The fraction of sp³-hybridized carbons (Fsp3) is 0.259. The maximum Gasteiger partial charge on any atom is 0.255 e. The van der Waals surface area contributed by atoms with Crippen molar-refractivity contribution >= 4 is 44.8 Å². The van der Waals surface area contributed by atoms with Crippen LogP contribution in [0.4, 0.5) is 11.4 Å². The maximum atomic E-state index is 13.7. The standard InChI is InChI=1S/C27H29ClN4O4S/c1-18(19-6-3-2-4-7-19)31-37(35,36)25-17-23(30-27(34)21-8-5-9-22(28)16-21)10-11-24(25)32-14-12-20(13-15-32)26(29)33/h2-11,16-18,20,31H,12-15H2,1H3,(H2,29,33)(H,30,34). The van der Waals surface area contributed by atoms with Gasteiger partial charge >= 0.3 is 0 Å². The molecule has 4 N–H and O–H groups in total. The third kappa shape index (κ3) is 6.49. The van der Waals surface area contributed by atoms with Crippen molar-refractivity contribution in [3.63, 3.8) is 0 Å². The molecule has 0 spiro atoms. The average Bonchev–Trinajstić information content (AvgIpc) is 2.89. The molecule has 10 heteroatoms. The molecule has 1 fully saturated rings. The van der Waals surface area contributed by atoms with E-state index in [0.29, 0.717) is 47.9 Å². The van der Waals surface area contributed by atoms with Crippen molar-refractivity contribution in [1.82, 2.24) is 4.72 Å². The Kier molecular flexibility index (Phi) is 8.16. The van der Waals surface area contributed by atoms with Crippen molar-refractivity contribution in [2.75, 3.05) is 23.3 Å². The minimum Gasteiger partial charge on any atom is -0.370 e.